The number of hydrogen-bond donors (Lipinski definition) is 3. The number of rotatable bonds is 7. The summed E-state index contributed by atoms with van der Waals surface area (Å²) in [6.45, 7) is 7.72. The number of H-pyrrole nitrogens is 1. The third-order valence-corrected chi connectivity index (χ3v) is 4.01. The van der Waals surface area contributed by atoms with Crippen LogP contribution in [0.4, 0.5) is 0 Å². The van der Waals surface area contributed by atoms with Crippen LogP contribution in [0.25, 0.3) is 10.9 Å². The van der Waals surface area contributed by atoms with Gasteiger partial charge in [0.25, 0.3) is 11.5 Å². The van der Waals surface area contributed by atoms with Crippen molar-refractivity contribution < 1.29 is 9.69 Å². The lowest BCUT2D eigenvalue weighted by atomic mass is 10.2. The van der Waals surface area contributed by atoms with Crippen LogP contribution in [0, 0.1) is 0 Å². The number of benzene rings is 1. The average molecular weight is 317 g/mol. The van der Waals surface area contributed by atoms with Gasteiger partial charge in [0.05, 0.1) is 17.4 Å². The predicted molar refractivity (Wildman–Crippen MR) is 90.3 cm³/mol. The number of quaternary nitrogens is 1. The Balaban J connectivity index is 2.10. The van der Waals surface area contributed by atoms with Crippen LogP contribution in [0.1, 0.15) is 33.0 Å². The molecule has 0 saturated carbocycles. The zero-order valence-corrected chi connectivity index (χ0v) is 14.0. The molecule has 3 N–H and O–H groups in total. The van der Waals surface area contributed by atoms with Crippen LogP contribution in [0.2, 0.25) is 0 Å². The molecule has 0 bridgehead atoms. The van der Waals surface area contributed by atoms with Gasteiger partial charge in [0.15, 0.2) is 12.4 Å². The summed E-state index contributed by atoms with van der Waals surface area (Å²) >= 11 is 0. The third-order valence-electron chi connectivity index (χ3n) is 4.01. The van der Waals surface area contributed by atoms with E-state index in [0.717, 1.165) is 17.9 Å². The quantitative estimate of drug-likeness (QED) is 0.684. The van der Waals surface area contributed by atoms with Crippen LogP contribution in [-0.2, 0) is 11.3 Å². The molecule has 0 radical (unpaired) electrons. The third kappa shape index (κ3) is 4.63. The van der Waals surface area contributed by atoms with Crippen LogP contribution in [-0.4, -0.2) is 35.0 Å². The fraction of sp³-hybridized carbons (Fsp3) is 0.471. The van der Waals surface area contributed by atoms with Crippen LogP contribution in [0.3, 0.4) is 0 Å². The highest BCUT2D eigenvalue weighted by atomic mass is 16.2. The van der Waals surface area contributed by atoms with Gasteiger partial charge in [-0.2, -0.15) is 0 Å². The number of nitrogens with zero attached hydrogens (tertiary/aromatic N) is 1. The maximum Gasteiger partial charge on any atom is 0.275 e. The molecule has 0 aliphatic heterocycles. The summed E-state index contributed by atoms with van der Waals surface area (Å²) in [5.74, 6) is 0.640. The Bertz CT molecular complexity index is 726. The maximum absolute atomic E-state index is 12.1. The summed E-state index contributed by atoms with van der Waals surface area (Å²) in [5, 5.41) is 3.56. The second kappa shape index (κ2) is 7.87. The lowest BCUT2D eigenvalue weighted by molar-refractivity contribution is -0.904. The first-order chi connectivity index (χ1) is 11.0. The number of aromatic nitrogens is 2. The summed E-state index contributed by atoms with van der Waals surface area (Å²) in [4.78, 5) is 32.5. The molecule has 0 aliphatic carbocycles. The highest BCUT2D eigenvalue weighted by Crippen LogP contribution is 2.04. The summed E-state index contributed by atoms with van der Waals surface area (Å²) in [7, 11) is 0. The van der Waals surface area contributed by atoms with Gasteiger partial charge in [0.1, 0.15) is 6.54 Å². The van der Waals surface area contributed by atoms with E-state index in [0.29, 0.717) is 29.8 Å². The van der Waals surface area contributed by atoms with Crippen molar-refractivity contribution in [3.8, 4) is 0 Å². The lowest BCUT2D eigenvalue weighted by Crippen LogP contribution is -3.11. The van der Waals surface area contributed by atoms with Gasteiger partial charge in [-0.3, -0.25) is 9.59 Å². The number of likely N-dealkylation sites (N-methyl/N-ethyl adjacent to an activating group) is 1. The monoisotopic (exact) mass is 317 g/mol. The Hall–Kier alpha value is -2.21. The Morgan fingerprint density at radius 2 is 2.09 bits per heavy atom. The second-order valence-corrected chi connectivity index (χ2v) is 5.86. The molecule has 2 atom stereocenters. The summed E-state index contributed by atoms with van der Waals surface area (Å²) < 4.78 is 0. The largest absolute Gasteiger partial charge is 0.349 e. The van der Waals surface area contributed by atoms with Gasteiger partial charge < -0.3 is 15.2 Å². The minimum Gasteiger partial charge on any atom is -0.349 e. The molecular weight excluding hydrogens is 292 g/mol. The zero-order chi connectivity index (χ0) is 16.8. The van der Waals surface area contributed by atoms with Crippen molar-refractivity contribution in [1.82, 2.24) is 15.3 Å². The summed E-state index contributed by atoms with van der Waals surface area (Å²) in [5.41, 5.74) is 0.552. The van der Waals surface area contributed by atoms with Crippen LogP contribution < -0.4 is 15.8 Å². The fourth-order valence-corrected chi connectivity index (χ4v) is 2.42. The molecule has 0 spiro atoms. The molecule has 6 heteroatoms. The van der Waals surface area contributed by atoms with Crippen molar-refractivity contribution in [3.05, 3.63) is 40.4 Å². The zero-order valence-electron chi connectivity index (χ0n) is 14.0. The highest BCUT2D eigenvalue weighted by molar-refractivity contribution is 5.77. The van der Waals surface area contributed by atoms with Gasteiger partial charge in [-0.25, -0.2) is 4.98 Å². The van der Waals surface area contributed by atoms with E-state index in [-0.39, 0.29) is 17.5 Å². The first-order valence-electron chi connectivity index (χ1n) is 8.14. The number of fused-ring (bicyclic) bond motifs is 1. The summed E-state index contributed by atoms with van der Waals surface area (Å²) in [6.07, 6.45) is 0.909. The number of nitrogens with one attached hydrogen (secondary N) is 3. The smallest absolute Gasteiger partial charge is 0.275 e. The molecule has 23 heavy (non-hydrogen) atoms. The van der Waals surface area contributed by atoms with Crippen LogP contribution >= 0.6 is 0 Å². The van der Waals surface area contributed by atoms with E-state index >= 15 is 0 Å². The van der Waals surface area contributed by atoms with E-state index in [4.69, 9.17) is 0 Å². The van der Waals surface area contributed by atoms with Gasteiger partial charge >= 0.3 is 0 Å². The van der Waals surface area contributed by atoms with E-state index in [1.165, 1.54) is 0 Å². The molecular formula is C17H25N4O2+. The highest BCUT2D eigenvalue weighted by Gasteiger charge is 2.16. The first kappa shape index (κ1) is 17.1. The Morgan fingerprint density at radius 1 is 1.35 bits per heavy atom. The number of carbonyl (C=O) groups excluding carboxylic acids is 1. The summed E-state index contributed by atoms with van der Waals surface area (Å²) in [6, 6.07) is 7.45. The van der Waals surface area contributed by atoms with Crippen molar-refractivity contribution in [2.24, 2.45) is 0 Å². The first-order valence-corrected chi connectivity index (χ1v) is 8.14. The van der Waals surface area contributed by atoms with E-state index in [2.05, 4.69) is 15.3 Å². The van der Waals surface area contributed by atoms with E-state index in [9.17, 15) is 9.59 Å². The van der Waals surface area contributed by atoms with Crippen molar-refractivity contribution in [2.45, 2.75) is 39.8 Å². The molecule has 1 aromatic carbocycles. The van der Waals surface area contributed by atoms with Crippen molar-refractivity contribution in [1.29, 1.82) is 0 Å². The topological polar surface area (TPSA) is 79.3 Å². The number of aromatic amines is 1. The normalized spacial score (nSPS) is 13.7. The minimum absolute atomic E-state index is 0.0272. The average Bonchev–Trinajstić information content (AvgIpc) is 2.54. The standard InChI is InChI=1S/C17H24N4O2/c1-4-12(3)18-16(22)11-21(5-2)10-15-19-14-9-7-6-8-13(14)17(23)20-15/h6-9,12H,4-5,10-11H2,1-3H3,(H,18,22)(H,19,20,23)/p+1/t12-/m1/s1. The number of amides is 1. The second-order valence-electron chi connectivity index (χ2n) is 5.86. The lowest BCUT2D eigenvalue weighted by Gasteiger charge is -2.18. The molecule has 1 aromatic heterocycles. The molecule has 2 rings (SSSR count). The van der Waals surface area contributed by atoms with Gasteiger partial charge in [-0.05, 0) is 32.4 Å². The van der Waals surface area contributed by atoms with Crippen LogP contribution in [0.15, 0.2) is 29.1 Å². The SMILES string of the molecule is CC[C@@H](C)NC(=O)C[NH+](CC)Cc1nc2ccccc2c(=O)[nH]1. The van der Waals surface area contributed by atoms with Crippen molar-refractivity contribution >= 4 is 16.8 Å². The van der Waals surface area contributed by atoms with E-state index < -0.39 is 0 Å². The number of para-hydroxylation sites is 1. The van der Waals surface area contributed by atoms with Crippen molar-refractivity contribution in [2.75, 3.05) is 13.1 Å². The van der Waals surface area contributed by atoms with Crippen LogP contribution in [0.5, 0.6) is 0 Å². The minimum atomic E-state index is -0.134. The number of hydrogen-bond acceptors (Lipinski definition) is 3. The van der Waals surface area contributed by atoms with Gasteiger partial charge in [0.2, 0.25) is 0 Å². The molecule has 0 aliphatic rings. The molecule has 1 amide bonds. The molecule has 0 fully saturated rings. The van der Waals surface area contributed by atoms with Crippen molar-refractivity contribution in [3.63, 3.8) is 0 Å². The molecule has 2 aromatic rings. The molecule has 6 nitrogen and oxygen atoms in total. The van der Waals surface area contributed by atoms with E-state index in [1.54, 1.807) is 6.07 Å². The van der Waals surface area contributed by atoms with Gasteiger partial charge in [-0.15, -0.1) is 0 Å². The molecule has 1 unspecified atom stereocenters. The number of carbonyl (C=O) groups is 1. The molecule has 124 valence electrons. The Labute approximate surface area is 135 Å². The Kier molecular flexibility index (Phi) is 5.87. The fourth-order valence-electron chi connectivity index (χ4n) is 2.42. The molecule has 0 saturated heterocycles. The predicted octanol–water partition coefficient (Wildman–Crippen LogP) is 0.243. The van der Waals surface area contributed by atoms with E-state index in [1.807, 2.05) is 39.0 Å². The molecule has 1 heterocycles. The maximum atomic E-state index is 12.1. The van der Waals surface area contributed by atoms with Gasteiger partial charge in [0, 0.05) is 6.04 Å². The Morgan fingerprint density at radius 3 is 2.78 bits per heavy atom. The van der Waals surface area contributed by atoms with Gasteiger partial charge in [-0.1, -0.05) is 19.1 Å².